The number of hydrogen-bond donors (Lipinski definition) is 2. The molecule has 0 unspecified atom stereocenters. The van der Waals surface area contributed by atoms with Gasteiger partial charge in [0, 0.05) is 12.1 Å². The van der Waals surface area contributed by atoms with Crippen LogP contribution in [0.5, 0.6) is 6.01 Å². The van der Waals surface area contributed by atoms with Gasteiger partial charge in [0.05, 0.1) is 36.4 Å². The normalized spacial score (nSPS) is 14.9. The predicted octanol–water partition coefficient (Wildman–Crippen LogP) is 2.73. The molecule has 1 fully saturated rings. The minimum Gasteiger partial charge on any atom is -0.467 e. The summed E-state index contributed by atoms with van der Waals surface area (Å²) in [6, 6.07) is 2.58. The summed E-state index contributed by atoms with van der Waals surface area (Å²) in [6.45, 7) is 0. The van der Waals surface area contributed by atoms with Gasteiger partial charge in [-0.25, -0.2) is 15.4 Å². The number of halogens is 1. The number of methoxy groups -OCH3 is 1. The van der Waals surface area contributed by atoms with Crippen molar-refractivity contribution in [2.45, 2.75) is 31.7 Å². The molecule has 3 rings (SSSR count). The third kappa shape index (κ3) is 4.51. The Labute approximate surface area is 144 Å². The van der Waals surface area contributed by atoms with Crippen LogP contribution in [0.15, 0.2) is 23.6 Å². The van der Waals surface area contributed by atoms with E-state index < -0.39 is 0 Å². The summed E-state index contributed by atoms with van der Waals surface area (Å²) in [5.74, 6) is 1.08. The van der Waals surface area contributed by atoms with Crippen LogP contribution in [0.3, 0.4) is 0 Å². The highest BCUT2D eigenvalue weighted by Gasteiger charge is 2.15. The van der Waals surface area contributed by atoms with Crippen LogP contribution in [-0.2, 0) is 0 Å². The second-order valence-electron chi connectivity index (χ2n) is 5.39. The molecule has 126 valence electrons. The van der Waals surface area contributed by atoms with Crippen molar-refractivity contribution >= 4 is 29.6 Å². The molecule has 0 aromatic carbocycles. The monoisotopic (exact) mass is 347 g/mol. The van der Waals surface area contributed by atoms with Crippen molar-refractivity contribution < 1.29 is 4.74 Å². The maximum absolute atomic E-state index is 5.73. The first-order valence-corrected chi connectivity index (χ1v) is 8.07. The van der Waals surface area contributed by atoms with Crippen molar-refractivity contribution in [2.75, 3.05) is 17.9 Å². The van der Waals surface area contributed by atoms with Gasteiger partial charge in [0.1, 0.15) is 5.82 Å². The first kappa shape index (κ1) is 16.4. The molecule has 24 heavy (non-hydrogen) atoms. The summed E-state index contributed by atoms with van der Waals surface area (Å²) in [7, 11) is 1.54. The quantitative estimate of drug-likeness (QED) is 0.612. The molecular formula is C15H18ClN7O. The van der Waals surface area contributed by atoms with Gasteiger partial charge in [0.2, 0.25) is 5.95 Å². The molecule has 1 aliphatic rings. The van der Waals surface area contributed by atoms with Gasteiger partial charge in [0.15, 0.2) is 0 Å². The Morgan fingerprint density at radius 1 is 1.25 bits per heavy atom. The molecule has 1 aliphatic carbocycles. The van der Waals surface area contributed by atoms with E-state index in [1.54, 1.807) is 6.21 Å². The third-order valence-electron chi connectivity index (χ3n) is 3.60. The molecule has 0 atom stereocenters. The van der Waals surface area contributed by atoms with Gasteiger partial charge >= 0.3 is 6.01 Å². The molecule has 1 saturated carbocycles. The fraction of sp³-hybridized carbons (Fsp3) is 0.400. The lowest BCUT2D eigenvalue weighted by atomic mass is 10.2. The molecule has 0 spiro atoms. The van der Waals surface area contributed by atoms with E-state index >= 15 is 0 Å². The van der Waals surface area contributed by atoms with Crippen LogP contribution in [0.1, 0.15) is 31.4 Å². The Morgan fingerprint density at radius 3 is 2.71 bits per heavy atom. The number of ether oxygens (including phenoxy) is 1. The van der Waals surface area contributed by atoms with Crippen LogP contribution in [0.25, 0.3) is 0 Å². The lowest BCUT2D eigenvalue weighted by molar-refractivity contribution is 0.380. The second kappa shape index (κ2) is 7.87. The predicted molar refractivity (Wildman–Crippen MR) is 92.7 cm³/mol. The molecular weight excluding hydrogens is 330 g/mol. The van der Waals surface area contributed by atoms with Crippen molar-refractivity contribution in [3.63, 3.8) is 0 Å². The number of anilines is 2. The zero-order valence-electron chi connectivity index (χ0n) is 13.2. The van der Waals surface area contributed by atoms with E-state index in [1.807, 2.05) is 6.07 Å². The Bertz CT molecular complexity index is 701. The second-order valence-corrected chi connectivity index (χ2v) is 5.82. The van der Waals surface area contributed by atoms with Crippen molar-refractivity contribution in [1.82, 2.24) is 19.9 Å². The molecule has 0 amide bonds. The van der Waals surface area contributed by atoms with Crippen LogP contribution < -0.4 is 15.5 Å². The summed E-state index contributed by atoms with van der Waals surface area (Å²) < 4.78 is 5.15. The number of nitrogens with zero attached hydrogens (tertiary/aromatic N) is 5. The van der Waals surface area contributed by atoms with E-state index in [9.17, 15) is 0 Å². The average Bonchev–Trinajstić information content (AvgIpc) is 3.09. The van der Waals surface area contributed by atoms with Gasteiger partial charge in [-0.05, 0) is 12.8 Å². The molecule has 0 saturated heterocycles. The number of hydrogen-bond acceptors (Lipinski definition) is 8. The highest BCUT2D eigenvalue weighted by Crippen LogP contribution is 2.22. The summed E-state index contributed by atoms with van der Waals surface area (Å²) >= 11 is 5.73. The van der Waals surface area contributed by atoms with Gasteiger partial charge in [-0.3, -0.25) is 0 Å². The van der Waals surface area contributed by atoms with Crippen LogP contribution in [-0.4, -0.2) is 39.3 Å². The van der Waals surface area contributed by atoms with Gasteiger partial charge in [-0.2, -0.15) is 15.1 Å². The lowest BCUT2D eigenvalue weighted by Gasteiger charge is -2.13. The molecule has 2 aromatic rings. The molecule has 0 aliphatic heterocycles. The molecule has 2 heterocycles. The van der Waals surface area contributed by atoms with E-state index in [4.69, 9.17) is 16.3 Å². The third-order valence-corrected chi connectivity index (χ3v) is 3.79. The van der Waals surface area contributed by atoms with Crippen molar-refractivity contribution in [1.29, 1.82) is 0 Å². The molecule has 2 N–H and O–H groups in total. The van der Waals surface area contributed by atoms with Crippen molar-refractivity contribution in [2.24, 2.45) is 5.10 Å². The Morgan fingerprint density at radius 2 is 2.00 bits per heavy atom. The highest BCUT2D eigenvalue weighted by molar-refractivity contribution is 6.30. The Kier molecular flexibility index (Phi) is 5.37. The van der Waals surface area contributed by atoms with Crippen LogP contribution in [0.4, 0.5) is 11.8 Å². The summed E-state index contributed by atoms with van der Waals surface area (Å²) in [5.41, 5.74) is 3.33. The average molecular weight is 348 g/mol. The van der Waals surface area contributed by atoms with E-state index in [0.717, 1.165) is 18.7 Å². The highest BCUT2D eigenvalue weighted by atomic mass is 35.5. The zero-order chi connectivity index (χ0) is 16.8. The molecule has 2 aromatic heterocycles. The van der Waals surface area contributed by atoms with Gasteiger partial charge in [-0.15, -0.1) is 0 Å². The summed E-state index contributed by atoms with van der Waals surface area (Å²) in [4.78, 5) is 16.6. The standard InChI is InChI=1S/C15H18ClN7O/c1-24-15-21-12(6-13(22-15)20-11-4-2-3-5-11)9-19-23-14-17-7-10(16)8-18-14/h6-9,11H,2-5H2,1H3,(H,17,18,23)(H,20,21,22). The van der Waals surface area contributed by atoms with Crippen LogP contribution in [0, 0.1) is 0 Å². The number of nitrogens with one attached hydrogen (secondary N) is 2. The maximum atomic E-state index is 5.73. The Hall–Kier alpha value is -2.48. The molecule has 0 radical (unpaired) electrons. The minimum atomic E-state index is 0.294. The zero-order valence-corrected chi connectivity index (χ0v) is 14.0. The smallest absolute Gasteiger partial charge is 0.318 e. The summed E-state index contributed by atoms with van der Waals surface area (Å²) in [6.07, 6.45) is 9.35. The van der Waals surface area contributed by atoms with E-state index in [2.05, 4.69) is 35.8 Å². The fourth-order valence-corrected chi connectivity index (χ4v) is 2.58. The number of rotatable bonds is 6. The molecule has 9 heteroatoms. The summed E-state index contributed by atoms with van der Waals surface area (Å²) in [5, 5.41) is 7.96. The first-order valence-electron chi connectivity index (χ1n) is 7.69. The van der Waals surface area contributed by atoms with E-state index in [-0.39, 0.29) is 0 Å². The first-order chi connectivity index (χ1) is 11.7. The maximum Gasteiger partial charge on any atom is 0.318 e. The Balaban J connectivity index is 1.69. The van der Waals surface area contributed by atoms with Crippen molar-refractivity contribution in [3.8, 4) is 6.01 Å². The lowest BCUT2D eigenvalue weighted by Crippen LogP contribution is -2.16. The van der Waals surface area contributed by atoms with Gasteiger partial charge < -0.3 is 10.1 Å². The van der Waals surface area contributed by atoms with Crippen LogP contribution >= 0.6 is 11.6 Å². The largest absolute Gasteiger partial charge is 0.467 e. The molecule has 8 nitrogen and oxygen atoms in total. The minimum absolute atomic E-state index is 0.294. The topological polar surface area (TPSA) is 97.2 Å². The van der Waals surface area contributed by atoms with Gasteiger partial charge in [-0.1, -0.05) is 24.4 Å². The number of hydrazone groups is 1. The van der Waals surface area contributed by atoms with Crippen molar-refractivity contribution in [3.05, 3.63) is 29.2 Å². The SMILES string of the molecule is COc1nc(C=NNc2ncc(Cl)cn2)cc(NC2CCCC2)n1. The number of aromatic nitrogens is 4. The van der Waals surface area contributed by atoms with E-state index in [0.29, 0.717) is 28.7 Å². The molecule has 0 bridgehead atoms. The fourth-order valence-electron chi connectivity index (χ4n) is 2.48. The van der Waals surface area contributed by atoms with Gasteiger partial charge in [0.25, 0.3) is 0 Å². The van der Waals surface area contributed by atoms with E-state index in [1.165, 1.54) is 32.3 Å². The van der Waals surface area contributed by atoms with Crippen LogP contribution in [0.2, 0.25) is 5.02 Å².